The molecule has 1 aliphatic rings. The van der Waals surface area contributed by atoms with E-state index in [4.69, 9.17) is 0 Å². The lowest BCUT2D eigenvalue weighted by molar-refractivity contribution is -0.121. The van der Waals surface area contributed by atoms with E-state index < -0.39 is 0 Å². The highest BCUT2D eigenvalue weighted by atomic mass is 16.1. The molecular weight excluding hydrogens is 238 g/mol. The number of amides is 1. The summed E-state index contributed by atoms with van der Waals surface area (Å²) in [5.41, 5.74) is 1.32. The second-order valence-corrected chi connectivity index (χ2v) is 5.34. The highest BCUT2D eigenvalue weighted by Crippen LogP contribution is 2.41. The first-order valence-corrected chi connectivity index (χ1v) is 7.40. The summed E-state index contributed by atoms with van der Waals surface area (Å²) in [5, 5.41) is 6.45. The fraction of sp³-hybridized carbons (Fsp3) is 0.667. The molecule has 1 aliphatic carbocycles. The first-order valence-electron chi connectivity index (χ1n) is 7.40. The number of hydrogen-bond donors (Lipinski definition) is 2. The highest BCUT2D eigenvalue weighted by Gasteiger charge is 2.32. The summed E-state index contributed by atoms with van der Waals surface area (Å²) in [4.78, 5) is 11.6. The van der Waals surface area contributed by atoms with Crippen molar-refractivity contribution in [2.24, 2.45) is 5.92 Å². The third-order valence-electron chi connectivity index (χ3n) is 3.54. The van der Waals surface area contributed by atoms with Crippen LogP contribution in [0.4, 0.5) is 0 Å². The molecule has 2 rings (SSSR count). The van der Waals surface area contributed by atoms with Crippen LogP contribution in [-0.2, 0) is 11.3 Å². The lowest BCUT2D eigenvalue weighted by Gasteiger charge is -2.16. The zero-order valence-electron chi connectivity index (χ0n) is 12.0. The number of nitrogens with zero attached hydrogens (tertiary/aromatic N) is 1. The molecule has 2 N–H and O–H groups in total. The molecule has 19 heavy (non-hydrogen) atoms. The molecule has 4 heteroatoms. The SMILES string of the molecule is CCCNC(c1ccn(CC(=O)NCC)c1)C1CC1. The van der Waals surface area contributed by atoms with Gasteiger partial charge in [0.25, 0.3) is 0 Å². The molecular formula is C15H25N3O. The lowest BCUT2D eigenvalue weighted by Crippen LogP contribution is -2.26. The predicted molar refractivity (Wildman–Crippen MR) is 76.9 cm³/mol. The van der Waals surface area contributed by atoms with E-state index in [1.54, 1.807) is 0 Å². The Morgan fingerprint density at radius 1 is 1.47 bits per heavy atom. The smallest absolute Gasteiger partial charge is 0.239 e. The number of rotatable bonds is 8. The van der Waals surface area contributed by atoms with E-state index in [1.165, 1.54) is 18.4 Å². The Morgan fingerprint density at radius 3 is 2.89 bits per heavy atom. The van der Waals surface area contributed by atoms with Crippen molar-refractivity contribution in [3.8, 4) is 0 Å². The van der Waals surface area contributed by atoms with Gasteiger partial charge in [0.15, 0.2) is 0 Å². The van der Waals surface area contributed by atoms with Crippen molar-refractivity contribution >= 4 is 5.91 Å². The summed E-state index contributed by atoms with van der Waals surface area (Å²) in [7, 11) is 0. The third-order valence-corrected chi connectivity index (χ3v) is 3.54. The van der Waals surface area contributed by atoms with Crippen molar-refractivity contribution in [2.45, 2.75) is 45.7 Å². The monoisotopic (exact) mass is 263 g/mol. The molecule has 1 aromatic rings. The number of carbonyl (C=O) groups is 1. The molecule has 0 spiro atoms. The van der Waals surface area contributed by atoms with Gasteiger partial charge in [0.1, 0.15) is 6.54 Å². The first kappa shape index (κ1) is 14.1. The Hall–Kier alpha value is -1.29. The predicted octanol–water partition coefficient (Wildman–Crippen LogP) is 2.07. The molecule has 1 atom stereocenters. The van der Waals surface area contributed by atoms with E-state index in [9.17, 15) is 4.79 Å². The molecule has 1 fully saturated rings. The van der Waals surface area contributed by atoms with Gasteiger partial charge in [-0.3, -0.25) is 4.79 Å². The molecule has 0 radical (unpaired) electrons. The van der Waals surface area contributed by atoms with Gasteiger partial charge in [0.2, 0.25) is 5.91 Å². The molecule has 0 saturated heterocycles. The van der Waals surface area contributed by atoms with Gasteiger partial charge in [-0.1, -0.05) is 6.92 Å². The Morgan fingerprint density at radius 2 is 2.26 bits per heavy atom. The fourth-order valence-corrected chi connectivity index (χ4v) is 2.45. The molecule has 1 aromatic heterocycles. The minimum absolute atomic E-state index is 0.0779. The maximum atomic E-state index is 11.6. The van der Waals surface area contributed by atoms with Gasteiger partial charge in [0.05, 0.1) is 0 Å². The van der Waals surface area contributed by atoms with Gasteiger partial charge >= 0.3 is 0 Å². The molecule has 106 valence electrons. The van der Waals surface area contributed by atoms with E-state index in [0.717, 1.165) is 18.9 Å². The molecule has 1 amide bonds. The first-order chi connectivity index (χ1) is 9.24. The lowest BCUT2D eigenvalue weighted by atomic mass is 10.1. The average molecular weight is 263 g/mol. The van der Waals surface area contributed by atoms with Crippen LogP contribution in [-0.4, -0.2) is 23.6 Å². The fourth-order valence-electron chi connectivity index (χ4n) is 2.45. The van der Waals surface area contributed by atoms with Crippen LogP contribution in [0.3, 0.4) is 0 Å². The maximum absolute atomic E-state index is 11.6. The zero-order valence-corrected chi connectivity index (χ0v) is 12.0. The van der Waals surface area contributed by atoms with E-state index >= 15 is 0 Å². The van der Waals surface area contributed by atoms with Crippen LogP contribution in [0, 0.1) is 5.92 Å². The van der Waals surface area contributed by atoms with Gasteiger partial charge in [-0.05, 0) is 50.3 Å². The minimum Gasteiger partial charge on any atom is -0.355 e. The normalized spacial score (nSPS) is 16.3. The van der Waals surface area contributed by atoms with Crippen molar-refractivity contribution in [3.05, 3.63) is 24.0 Å². The van der Waals surface area contributed by atoms with Crippen molar-refractivity contribution < 1.29 is 4.79 Å². The summed E-state index contributed by atoms with van der Waals surface area (Å²) >= 11 is 0. The van der Waals surface area contributed by atoms with Crippen molar-refractivity contribution in [1.82, 2.24) is 15.2 Å². The molecule has 4 nitrogen and oxygen atoms in total. The molecule has 1 heterocycles. The van der Waals surface area contributed by atoms with Crippen molar-refractivity contribution in [2.75, 3.05) is 13.1 Å². The summed E-state index contributed by atoms with van der Waals surface area (Å²) in [6, 6.07) is 2.61. The van der Waals surface area contributed by atoms with E-state index in [-0.39, 0.29) is 5.91 Å². The van der Waals surface area contributed by atoms with Crippen molar-refractivity contribution in [1.29, 1.82) is 0 Å². The second-order valence-electron chi connectivity index (χ2n) is 5.34. The molecule has 1 unspecified atom stereocenters. The Labute approximate surface area is 115 Å². The average Bonchev–Trinajstić information content (AvgIpc) is 3.11. The number of likely N-dealkylation sites (N-methyl/N-ethyl adjacent to an activating group) is 1. The van der Waals surface area contributed by atoms with E-state index in [1.807, 2.05) is 17.7 Å². The molecule has 0 aromatic carbocycles. The van der Waals surface area contributed by atoms with Gasteiger partial charge < -0.3 is 15.2 Å². The van der Waals surface area contributed by atoms with Crippen LogP contribution in [0.2, 0.25) is 0 Å². The summed E-state index contributed by atoms with van der Waals surface area (Å²) < 4.78 is 1.98. The number of carbonyl (C=O) groups excluding carboxylic acids is 1. The molecule has 1 saturated carbocycles. The second kappa shape index (κ2) is 6.75. The van der Waals surface area contributed by atoms with Gasteiger partial charge in [-0.25, -0.2) is 0 Å². The highest BCUT2D eigenvalue weighted by molar-refractivity contribution is 5.75. The topological polar surface area (TPSA) is 46.1 Å². The quantitative estimate of drug-likeness (QED) is 0.754. The Balaban J connectivity index is 1.95. The molecule has 0 bridgehead atoms. The number of nitrogens with one attached hydrogen (secondary N) is 2. The van der Waals surface area contributed by atoms with Crippen LogP contribution in [0.5, 0.6) is 0 Å². The zero-order chi connectivity index (χ0) is 13.7. The largest absolute Gasteiger partial charge is 0.355 e. The summed E-state index contributed by atoms with van der Waals surface area (Å²) in [6.45, 7) is 6.30. The van der Waals surface area contributed by atoms with Gasteiger partial charge in [-0.15, -0.1) is 0 Å². The van der Waals surface area contributed by atoms with Gasteiger partial charge in [-0.2, -0.15) is 0 Å². The third kappa shape index (κ3) is 4.10. The van der Waals surface area contributed by atoms with E-state index in [0.29, 0.717) is 19.1 Å². The summed E-state index contributed by atoms with van der Waals surface area (Å²) in [5.74, 6) is 0.862. The number of aromatic nitrogens is 1. The number of hydrogen-bond acceptors (Lipinski definition) is 2. The summed E-state index contributed by atoms with van der Waals surface area (Å²) in [6.07, 6.45) is 7.92. The Bertz CT molecular complexity index is 409. The minimum atomic E-state index is 0.0779. The van der Waals surface area contributed by atoms with Crippen LogP contribution in [0.25, 0.3) is 0 Å². The van der Waals surface area contributed by atoms with E-state index in [2.05, 4.69) is 29.8 Å². The van der Waals surface area contributed by atoms with Gasteiger partial charge in [0, 0.05) is 25.0 Å². The van der Waals surface area contributed by atoms with Crippen LogP contribution in [0.15, 0.2) is 18.5 Å². The standard InChI is InChI=1S/C15H25N3O/c1-3-8-17-15(12-5-6-12)13-7-9-18(10-13)11-14(19)16-4-2/h7,9-10,12,15,17H,3-6,8,11H2,1-2H3,(H,16,19). The van der Waals surface area contributed by atoms with Crippen molar-refractivity contribution in [3.63, 3.8) is 0 Å². The maximum Gasteiger partial charge on any atom is 0.239 e. The molecule has 0 aliphatic heterocycles. The van der Waals surface area contributed by atoms with Crippen LogP contribution < -0.4 is 10.6 Å². The van der Waals surface area contributed by atoms with Crippen LogP contribution >= 0.6 is 0 Å². The van der Waals surface area contributed by atoms with Crippen LogP contribution in [0.1, 0.15) is 44.7 Å². The Kier molecular flexibility index (Phi) is 5.02.